The Hall–Kier alpha value is -1.93. The van der Waals surface area contributed by atoms with Crippen LogP contribution in [-0.2, 0) is 0 Å². The van der Waals surface area contributed by atoms with Crippen molar-refractivity contribution in [3.63, 3.8) is 0 Å². The monoisotopic (exact) mass is 322 g/mol. The standard InChI is InChI=1S/C10H6Cl2F2N4O2/c11-5-1-4(2-6(12)7(5)20-10(13)14)17-9(19)8-15-3-16-18-8/h1-3,10H,(H,17,19)(H,15,16,18). The van der Waals surface area contributed by atoms with Crippen LogP contribution in [0.4, 0.5) is 14.5 Å². The van der Waals surface area contributed by atoms with Gasteiger partial charge in [0.15, 0.2) is 5.75 Å². The number of ether oxygens (including phenoxy) is 1. The van der Waals surface area contributed by atoms with E-state index in [-0.39, 0.29) is 27.3 Å². The van der Waals surface area contributed by atoms with Gasteiger partial charge in [-0.05, 0) is 12.1 Å². The zero-order chi connectivity index (χ0) is 14.7. The first-order chi connectivity index (χ1) is 9.47. The third-order valence-electron chi connectivity index (χ3n) is 2.09. The molecule has 0 spiro atoms. The Morgan fingerprint density at radius 2 is 2.00 bits per heavy atom. The number of amides is 1. The van der Waals surface area contributed by atoms with Crippen molar-refractivity contribution in [2.45, 2.75) is 6.61 Å². The summed E-state index contributed by atoms with van der Waals surface area (Å²) in [5, 5.41) is 7.97. The topological polar surface area (TPSA) is 79.9 Å². The van der Waals surface area contributed by atoms with Gasteiger partial charge < -0.3 is 10.1 Å². The maximum absolute atomic E-state index is 12.1. The average Bonchev–Trinajstić information content (AvgIpc) is 2.87. The Kier molecular flexibility index (Phi) is 4.35. The minimum atomic E-state index is -3.06. The van der Waals surface area contributed by atoms with Gasteiger partial charge in [0.05, 0.1) is 10.0 Å². The number of alkyl halides is 2. The lowest BCUT2D eigenvalue weighted by Crippen LogP contribution is -2.14. The molecule has 10 heteroatoms. The number of nitrogens with one attached hydrogen (secondary N) is 2. The maximum Gasteiger partial charge on any atom is 0.387 e. The fraction of sp³-hybridized carbons (Fsp3) is 0.100. The summed E-state index contributed by atoms with van der Waals surface area (Å²) in [7, 11) is 0. The number of aromatic amines is 1. The second-order valence-electron chi connectivity index (χ2n) is 3.44. The highest BCUT2D eigenvalue weighted by Crippen LogP contribution is 2.36. The highest BCUT2D eigenvalue weighted by Gasteiger charge is 2.16. The van der Waals surface area contributed by atoms with Crippen molar-refractivity contribution in [1.82, 2.24) is 15.2 Å². The average molecular weight is 323 g/mol. The number of hydrogen-bond donors (Lipinski definition) is 2. The van der Waals surface area contributed by atoms with Crippen molar-refractivity contribution in [3.8, 4) is 5.75 Å². The maximum atomic E-state index is 12.1. The summed E-state index contributed by atoms with van der Waals surface area (Å²) in [5.74, 6) is -0.969. The number of H-pyrrole nitrogens is 1. The molecular weight excluding hydrogens is 317 g/mol. The van der Waals surface area contributed by atoms with Gasteiger partial charge in [-0.3, -0.25) is 9.89 Å². The highest BCUT2D eigenvalue weighted by atomic mass is 35.5. The fourth-order valence-corrected chi connectivity index (χ4v) is 1.92. The van der Waals surface area contributed by atoms with Gasteiger partial charge in [-0.2, -0.15) is 13.9 Å². The molecule has 20 heavy (non-hydrogen) atoms. The lowest BCUT2D eigenvalue weighted by molar-refractivity contribution is -0.0497. The van der Waals surface area contributed by atoms with Crippen LogP contribution in [0.15, 0.2) is 18.5 Å². The van der Waals surface area contributed by atoms with E-state index in [0.29, 0.717) is 0 Å². The first kappa shape index (κ1) is 14.5. The summed E-state index contributed by atoms with van der Waals surface area (Å²) in [4.78, 5) is 15.3. The van der Waals surface area contributed by atoms with Crippen molar-refractivity contribution >= 4 is 34.8 Å². The number of rotatable bonds is 4. The summed E-state index contributed by atoms with van der Waals surface area (Å²) in [6.07, 6.45) is 1.16. The minimum Gasteiger partial charge on any atom is -0.432 e. The van der Waals surface area contributed by atoms with Gasteiger partial charge in [-0.1, -0.05) is 23.2 Å². The van der Waals surface area contributed by atoms with Crippen LogP contribution in [0, 0.1) is 0 Å². The number of hydrogen-bond acceptors (Lipinski definition) is 4. The Balaban J connectivity index is 2.20. The smallest absolute Gasteiger partial charge is 0.387 e. The van der Waals surface area contributed by atoms with Crippen LogP contribution < -0.4 is 10.1 Å². The van der Waals surface area contributed by atoms with Gasteiger partial charge in [-0.25, -0.2) is 4.98 Å². The van der Waals surface area contributed by atoms with E-state index in [0.717, 1.165) is 6.33 Å². The number of aromatic nitrogens is 3. The van der Waals surface area contributed by atoms with E-state index in [4.69, 9.17) is 23.2 Å². The van der Waals surface area contributed by atoms with E-state index in [1.807, 2.05) is 0 Å². The van der Waals surface area contributed by atoms with Crippen molar-refractivity contribution in [2.24, 2.45) is 0 Å². The molecule has 6 nitrogen and oxygen atoms in total. The largest absolute Gasteiger partial charge is 0.432 e. The molecular formula is C10H6Cl2F2N4O2. The van der Waals surface area contributed by atoms with E-state index in [9.17, 15) is 13.6 Å². The predicted molar refractivity (Wildman–Crippen MR) is 67.4 cm³/mol. The zero-order valence-corrected chi connectivity index (χ0v) is 11.0. The van der Waals surface area contributed by atoms with Crippen LogP contribution in [0.1, 0.15) is 10.6 Å². The van der Waals surface area contributed by atoms with Crippen LogP contribution in [0.25, 0.3) is 0 Å². The van der Waals surface area contributed by atoms with E-state index < -0.39 is 12.5 Å². The Morgan fingerprint density at radius 3 is 2.50 bits per heavy atom. The number of carbonyl (C=O) groups is 1. The van der Waals surface area contributed by atoms with E-state index in [1.165, 1.54) is 12.1 Å². The number of nitrogens with zero attached hydrogens (tertiary/aromatic N) is 2. The van der Waals surface area contributed by atoms with Gasteiger partial charge in [-0.15, -0.1) is 0 Å². The molecule has 0 bridgehead atoms. The van der Waals surface area contributed by atoms with Crippen LogP contribution in [-0.4, -0.2) is 27.7 Å². The van der Waals surface area contributed by atoms with E-state index >= 15 is 0 Å². The summed E-state index contributed by atoms with van der Waals surface area (Å²) in [6.45, 7) is -3.06. The first-order valence-electron chi connectivity index (χ1n) is 5.08. The molecule has 1 aromatic carbocycles. The minimum absolute atomic E-state index is 0.0230. The normalized spacial score (nSPS) is 10.7. The second-order valence-corrected chi connectivity index (χ2v) is 4.25. The second kappa shape index (κ2) is 6.02. The van der Waals surface area contributed by atoms with Gasteiger partial charge in [0.1, 0.15) is 6.33 Å². The zero-order valence-electron chi connectivity index (χ0n) is 9.53. The Morgan fingerprint density at radius 1 is 1.35 bits per heavy atom. The van der Waals surface area contributed by atoms with Crippen LogP contribution in [0.2, 0.25) is 10.0 Å². The van der Waals surface area contributed by atoms with Crippen LogP contribution in [0.5, 0.6) is 5.75 Å². The molecule has 0 unspecified atom stereocenters. The molecule has 106 valence electrons. The molecule has 1 aromatic heterocycles. The SMILES string of the molecule is O=C(Nc1cc(Cl)c(OC(F)F)c(Cl)c1)c1ncn[nH]1. The Bertz CT molecular complexity index is 599. The predicted octanol–water partition coefficient (Wildman–Crippen LogP) is 2.97. The van der Waals surface area contributed by atoms with E-state index in [2.05, 4.69) is 25.2 Å². The molecule has 0 radical (unpaired) electrons. The molecule has 2 rings (SSSR count). The van der Waals surface area contributed by atoms with Crippen molar-refractivity contribution in [2.75, 3.05) is 5.32 Å². The molecule has 0 aliphatic heterocycles. The number of carbonyl (C=O) groups excluding carboxylic acids is 1. The van der Waals surface area contributed by atoms with Gasteiger partial charge in [0.2, 0.25) is 5.82 Å². The Labute approximate surface area is 121 Å². The summed E-state index contributed by atoms with van der Waals surface area (Å²) < 4.78 is 28.5. The molecule has 1 heterocycles. The fourth-order valence-electron chi connectivity index (χ4n) is 1.34. The molecule has 0 aliphatic carbocycles. The van der Waals surface area contributed by atoms with Gasteiger partial charge >= 0.3 is 6.61 Å². The molecule has 0 saturated heterocycles. The molecule has 0 fully saturated rings. The van der Waals surface area contributed by atoms with E-state index in [1.54, 1.807) is 0 Å². The summed E-state index contributed by atoms with van der Waals surface area (Å²) in [6, 6.07) is 2.44. The quantitative estimate of drug-likeness (QED) is 0.906. The van der Waals surface area contributed by atoms with Gasteiger partial charge in [0, 0.05) is 5.69 Å². The third-order valence-corrected chi connectivity index (χ3v) is 2.65. The molecule has 0 atom stereocenters. The number of benzene rings is 1. The third kappa shape index (κ3) is 3.34. The summed E-state index contributed by atoms with van der Waals surface area (Å²) >= 11 is 11.5. The molecule has 0 saturated carbocycles. The highest BCUT2D eigenvalue weighted by molar-refractivity contribution is 6.37. The lowest BCUT2D eigenvalue weighted by atomic mass is 10.3. The lowest BCUT2D eigenvalue weighted by Gasteiger charge is -2.11. The van der Waals surface area contributed by atoms with Crippen LogP contribution in [0.3, 0.4) is 0 Å². The van der Waals surface area contributed by atoms with Crippen molar-refractivity contribution in [3.05, 3.63) is 34.3 Å². The first-order valence-corrected chi connectivity index (χ1v) is 5.83. The molecule has 1 amide bonds. The van der Waals surface area contributed by atoms with Crippen molar-refractivity contribution in [1.29, 1.82) is 0 Å². The van der Waals surface area contributed by atoms with Gasteiger partial charge in [0.25, 0.3) is 5.91 Å². The van der Waals surface area contributed by atoms with Crippen molar-refractivity contribution < 1.29 is 18.3 Å². The molecule has 0 aliphatic rings. The number of anilines is 1. The molecule has 2 aromatic rings. The van der Waals surface area contributed by atoms with Crippen LogP contribution >= 0.6 is 23.2 Å². The summed E-state index contributed by atoms with van der Waals surface area (Å²) in [5.41, 5.74) is 0.197. The molecule has 2 N–H and O–H groups in total. The number of halogens is 4.